The summed E-state index contributed by atoms with van der Waals surface area (Å²) in [7, 11) is -7.10. The fraction of sp³-hybridized carbons (Fsp3) is 0.632. The fourth-order valence-electron chi connectivity index (χ4n) is 3.35. The molecule has 0 saturated heterocycles. The van der Waals surface area contributed by atoms with Crippen LogP contribution < -0.4 is 4.74 Å². The first kappa shape index (κ1) is 27.1. The third-order valence-corrected chi connectivity index (χ3v) is 11.0. The van der Waals surface area contributed by atoms with Crippen molar-refractivity contribution in [2.24, 2.45) is 10.2 Å². The Labute approximate surface area is 193 Å². The first-order valence-corrected chi connectivity index (χ1v) is 13.7. The highest BCUT2D eigenvalue weighted by Gasteiger charge is 2.69. The van der Waals surface area contributed by atoms with E-state index >= 15 is 0 Å². The number of rotatable bonds is 13. The van der Waals surface area contributed by atoms with Gasteiger partial charge >= 0.3 is 15.2 Å². The lowest BCUT2D eigenvalue weighted by Gasteiger charge is -2.36. The smallest absolute Gasteiger partial charge is 0.372 e. The molecule has 2 rings (SSSR count). The van der Waals surface area contributed by atoms with Crippen molar-refractivity contribution in [1.29, 1.82) is 0 Å². The monoisotopic (exact) mass is 510 g/mol. The maximum absolute atomic E-state index is 13.9. The number of benzene rings is 1. The largest absolute Gasteiger partial charge is 0.496 e. The van der Waals surface area contributed by atoms with Gasteiger partial charge in [0.2, 0.25) is 0 Å². The molecule has 0 aromatic heterocycles. The number of halogens is 1. The molecule has 180 valence electrons. The average molecular weight is 511 g/mol. The Balaban J connectivity index is 2.59. The number of methoxy groups -OCH3 is 1. The summed E-state index contributed by atoms with van der Waals surface area (Å²) in [6.45, 7) is 6.37. The van der Waals surface area contributed by atoms with Crippen LogP contribution >= 0.6 is 26.8 Å². The molecule has 0 aliphatic carbocycles. The third kappa shape index (κ3) is 5.02. The van der Waals surface area contributed by atoms with Gasteiger partial charge in [-0.15, -0.1) is 0 Å². The van der Waals surface area contributed by atoms with Crippen molar-refractivity contribution in [1.82, 2.24) is 0 Å². The number of carbonyl (C=O) groups is 1. The SMILES string of the molecule is CCOP(=O)(OCC)C1(P(=O)(OCC)OCC)CC(C(=O)c2ccc(Cl)cc2OC)N=N1. The molecule has 0 amide bonds. The molecule has 0 radical (unpaired) electrons. The van der Waals surface area contributed by atoms with Crippen LogP contribution in [0, 0.1) is 0 Å². The quantitative estimate of drug-likeness (QED) is 0.236. The van der Waals surface area contributed by atoms with Crippen molar-refractivity contribution in [3.05, 3.63) is 28.8 Å². The molecule has 0 fully saturated rings. The number of Topliss-reactive ketones (excluding diaryl/α,β-unsaturated/α-hetero) is 1. The summed E-state index contributed by atoms with van der Waals surface area (Å²) in [5.74, 6) is -0.242. The van der Waals surface area contributed by atoms with Crippen LogP contribution in [0.1, 0.15) is 44.5 Å². The van der Waals surface area contributed by atoms with Gasteiger partial charge in [-0.25, -0.2) is 0 Å². The van der Waals surface area contributed by atoms with Gasteiger partial charge in [-0.3, -0.25) is 13.9 Å². The summed E-state index contributed by atoms with van der Waals surface area (Å²) >= 11 is 5.99. The van der Waals surface area contributed by atoms with E-state index in [0.717, 1.165) is 0 Å². The van der Waals surface area contributed by atoms with E-state index in [1.54, 1.807) is 27.7 Å². The number of azo groups is 1. The Kier molecular flexibility index (Phi) is 9.61. The van der Waals surface area contributed by atoms with Gasteiger partial charge < -0.3 is 22.8 Å². The molecule has 1 aliphatic heterocycles. The van der Waals surface area contributed by atoms with Crippen LogP contribution in [0.4, 0.5) is 0 Å². The molecule has 13 heteroatoms. The first-order chi connectivity index (χ1) is 15.2. The second-order valence-electron chi connectivity index (χ2n) is 6.58. The summed E-state index contributed by atoms with van der Waals surface area (Å²) in [6, 6.07) is 3.38. The Morgan fingerprint density at radius 3 is 1.97 bits per heavy atom. The molecular formula is C19H29ClN2O8P2. The van der Waals surface area contributed by atoms with E-state index < -0.39 is 32.0 Å². The van der Waals surface area contributed by atoms with Gasteiger partial charge in [0.1, 0.15) is 11.8 Å². The number of ketones is 1. The molecule has 1 atom stereocenters. The molecule has 0 saturated carbocycles. The molecule has 1 aliphatic rings. The maximum atomic E-state index is 13.9. The molecule has 1 heterocycles. The van der Waals surface area contributed by atoms with Gasteiger partial charge in [-0.1, -0.05) is 11.6 Å². The topological polar surface area (TPSA) is 122 Å². The molecule has 1 unspecified atom stereocenters. The van der Waals surface area contributed by atoms with Gasteiger partial charge in [0, 0.05) is 11.4 Å². The molecular weight excluding hydrogens is 482 g/mol. The van der Waals surface area contributed by atoms with Crippen LogP contribution in [0.5, 0.6) is 5.75 Å². The van der Waals surface area contributed by atoms with Crippen molar-refractivity contribution in [3.8, 4) is 5.75 Å². The van der Waals surface area contributed by atoms with Crippen molar-refractivity contribution in [3.63, 3.8) is 0 Å². The van der Waals surface area contributed by atoms with Crippen molar-refractivity contribution < 1.29 is 36.8 Å². The average Bonchev–Trinajstić information content (AvgIpc) is 3.22. The fourth-order valence-corrected chi connectivity index (χ4v) is 8.85. The Bertz CT molecular complexity index is 892. The van der Waals surface area contributed by atoms with Crippen LogP contribution in [0.25, 0.3) is 0 Å². The van der Waals surface area contributed by atoms with Gasteiger partial charge in [0.25, 0.3) is 5.02 Å². The van der Waals surface area contributed by atoms with E-state index in [-0.39, 0.29) is 44.2 Å². The van der Waals surface area contributed by atoms with Crippen molar-refractivity contribution in [2.75, 3.05) is 33.5 Å². The summed E-state index contributed by atoms with van der Waals surface area (Å²) < 4.78 is 55.0. The minimum atomic E-state index is -4.25. The summed E-state index contributed by atoms with van der Waals surface area (Å²) in [5.41, 5.74) is 0.196. The highest BCUT2D eigenvalue weighted by Crippen LogP contribution is 2.81. The van der Waals surface area contributed by atoms with E-state index in [2.05, 4.69) is 10.2 Å². The predicted octanol–water partition coefficient (Wildman–Crippen LogP) is 5.94. The van der Waals surface area contributed by atoms with E-state index in [1.807, 2.05) is 0 Å². The van der Waals surface area contributed by atoms with Gasteiger partial charge in [-0.05, 0) is 45.9 Å². The second kappa shape index (κ2) is 11.3. The minimum absolute atomic E-state index is 0.0174. The van der Waals surface area contributed by atoms with Crippen LogP contribution in [0.3, 0.4) is 0 Å². The van der Waals surface area contributed by atoms with Crippen LogP contribution in [-0.2, 0) is 27.2 Å². The molecule has 0 bridgehead atoms. The zero-order valence-corrected chi connectivity index (χ0v) is 21.3. The zero-order valence-electron chi connectivity index (χ0n) is 18.8. The minimum Gasteiger partial charge on any atom is -0.496 e. The van der Waals surface area contributed by atoms with E-state index in [9.17, 15) is 13.9 Å². The number of carbonyl (C=O) groups excluding carboxylic acids is 1. The summed E-state index contributed by atoms with van der Waals surface area (Å²) in [4.78, 5) is 13.3. The summed E-state index contributed by atoms with van der Waals surface area (Å²) in [6.07, 6.45) is -0.355. The van der Waals surface area contributed by atoms with E-state index in [1.165, 1.54) is 25.3 Å². The lowest BCUT2D eigenvalue weighted by Crippen LogP contribution is -2.33. The van der Waals surface area contributed by atoms with E-state index in [4.69, 9.17) is 34.4 Å². The highest BCUT2D eigenvalue weighted by atomic mass is 35.5. The lowest BCUT2D eigenvalue weighted by atomic mass is 10.0. The molecule has 1 aromatic carbocycles. The standard InChI is InChI=1S/C19H29ClN2O8P2/c1-6-27-31(24,28-7-2)19(32(25,29-8-3)30-9-4)13-16(21-22-19)18(23)15-11-10-14(20)12-17(15)26-5/h10-12,16H,6-9,13H2,1-5H3. The van der Waals surface area contributed by atoms with Gasteiger partial charge in [-0.2, -0.15) is 10.2 Å². The number of nitrogens with zero attached hydrogens (tertiary/aromatic N) is 2. The van der Waals surface area contributed by atoms with E-state index in [0.29, 0.717) is 5.02 Å². The molecule has 0 N–H and O–H groups in total. The van der Waals surface area contributed by atoms with Crippen LogP contribution in [0.2, 0.25) is 5.02 Å². The highest BCUT2D eigenvalue weighted by molar-refractivity contribution is 7.74. The molecule has 0 spiro atoms. The number of ether oxygens (including phenoxy) is 1. The Morgan fingerprint density at radius 1 is 1.03 bits per heavy atom. The number of hydrogen-bond acceptors (Lipinski definition) is 10. The predicted molar refractivity (Wildman–Crippen MR) is 120 cm³/mol. The van der Waals surface area contributed by atoms with Crippen LogP contribution in [0.15, 0.2) is 28.4 Å². The van der Waals surface area contributed by atoms with Gasteiger partial charge in [0.15, 0.2) is 5.78 Å². The maximum Gasteiger partial charge on any atom is 0.372 e. The second-order valence-corrected chi connectivity index (χ2v) is 11.9. The molecule has 10 nitrogen and oxygen atoms in total. The summed E-state index contributed by atoms with van der Waals surface area (Å²) in [5, 5.41) is 6.40. The van der Waals surface area contributed by atoms with Crippen LogP contribution in [-0.4, -0.2) is 50.4 Å². The first-order valence-electron chi connectivity index (χ1n) is 10.3. The van der Waals surface area contributed by atoms with Crippen molar-refractivity contribution in [2.45, 2.75) is 45.2 Å². The number of hydrogen-bond donors (Lipinski definition) is 0. The Hall–Kier alpha value is -1.12. The zero-order chi connectivity index (χ0) is 24.0. The normalized spacial score (nSPS) is 18.1. The van der Waals surface area contributed by atoms with Crippen molar-refractivity contribution >= 4 is 32.6 Å². The lowest BCUT2D eigenvalue weighted by molar-refractivity contribution is 0.0957. The van der Waals surface area contributed by atoms with Gasteiger partial charge in [0.05, 0.1) is 39.1 Å². The molecule has 1 aromatic rings. The Morgan fingerprint density at radius 2 is 1.53 bits per heavy atom. The molecule has 32 heavy (non-hydrogen) atoms. The third-order valence-electron chi connectivity index (χ3n) is 4.63.